The van der Waals surface area contributed by atoms with Crippen LogP contribution in [-0.4, -0.2) is 10.5 Å². The summed E-state index contributed by atoms with van der Waals surface area (Å²) < 4.78 is 30.4. The number of hydrogen-bond acceptors (Lipinski definition) is 1. The van der Waals surface area contributed by atoms with Gasteiger partial charge >= 0.3 is 0 Å². The van der Waals surface area contributed by atoms with Gasteiger partial charge in [-0.15, -0.1) is 0 Å². The molecule has 1 fully saturated rings. The summed E-state index contributed by atoms with van der Waals surface area (Å²) in [6, 6.07) is 4.14. The number of carbonyl (C=O) groups excluding carboxylic acids is 1. The topological polar surface area (TPSA) is 34.0 Å². The maximum atomic E-state index is 13.8. The smallest absolute Gasteiger partial charge is 0.272 e. The van der Waals surface area contributed by atoms with Crippen molar-refractivity contribution in [3.63, 3.8) is 0 Å². The summed E-state index contributed by atoms with van der Waals surface area (Å²) in [5.74, 6) is -2.18. The second kappa shape index (κ2) is 5.53. The Bertz CT molecular complexity index is 703. The third-order valence-corrected chi connectivity index (χ3v) is 4.13. The molecule has 1 aliphatic rings. The minimum atomic E-state index is -0.821. The molecule has 0 saturated heterocycles. The van der Waals surface area contributed by atoms with Crippen LogP contribution in [0.15, 0.2) is 33.3 Å². The van der Waals surface area contributed by atoms with Crippen molar-refractivity contribution in [1.82, 2.24) is 4.57 Å². The number of nitrogens with zero attached hydrogens (tertiary/aromatic N) is 1. The van der Waals surface area contributed by atoms with Crippen LogP contribution in [-0.2, 0) is 0 Å². The third kappa shape index (κ3) is 3.03. The molecule has 0 bridgehead atoms. The molecule has 21 heavy (non-hydrogen) atoms. The molecule has 0 atom stereocenters. The van der Waals surface area contributed by atoms with Crippen LogP contribution in [0.4, 0.5) is 14.5 Å². The zero-order valence-electron chi connectivity index (χ0n) is 10.7. The number of anilines is 1. The number of aromatic nitrogens is 1. The number of nitrogens with one attached hydrogen (secondary N) is 1. The van der Waals surface area contributed by atoms with Gasteiger partial charge in [0.25, 0.3) is 5.91 Å². The average Bonchev–Trinajstić information content (AvgIpc) is 3.16. The number of rotatable bonds is 3. The van der Waals surface area contributed by atoms with Crippen molar-refractivity contribution in [2.75, 3.05) is 5.32 Å². The van der Waals surface area contributed by atoms with E-state index in [-0.39, 0.29) is 10.5 Å². The number of amides is 1. The normalized spacial score (nSPS) is 14.3. The highest BCUT2D eigenvalue weighted by atomic mass is 79.9. The summed E-state index contributed by atoms with van der Waals surface area (Å²) in [5.41, 5.74) is -0.0611. The number of carbonyl (C=O) groups is 1. The summed E-state index contributed by atoms with van der Waals surface area (Å²) in [6.45, 7) is 0. The molecule has 0 unspecified atom stereocenters. The van der Waals surface area contributed by atoms with Crippen LogP contribution < -0.4 is 5.32 Å². The number of benzene rings is 1. The molecule has 0 radical (unpaired) electrons. The first-order valence-corrected chi connectivity index (χ1v) is 7.87. The lowest BCUT2D eigenvalue weighted by Gasteiger charge is -2.10. The van der Waals surface area contributed by atoms with Crippen LogP contribution in [0.25, 0.3) is 0 Å². The fraction of sp³-hybridized carbons (Fsp3) is 0.214. The Kier molecular flexibility index (Phi) is 3.88. The standard InChI is InChI=1S/C14H10Br2F2N2O/c15-7-3-10(17)13(11(18)4-7)19-14(21)12-5-8(16)6-20(12)9-1-2-9/h3-6,9H,1-2H2,(H,19,21). The monoisotopic (exact) mass is 418 g/mol. The molecule has 1 amide bonds. The maximum absolute atomic E-state index is 13.8. The van der Waals surface area contributed by atoms with E-state index in [2.05, 4.69) is 37.2 Å². The molecule has 1 heterocycles. The van der Waals surface area contributed by atoms with E-state index in [1.165, 1.54) is 0 Å². The van der Waals surface area contributed by atoms with Crippen LogP contribution in [0.2, 0.25) is 0 Å². The van der Waals surface area contributed by atoms with E-state index >= 15 is 0 Å². The van der Waals surface area contributed by atoms with E-state index in [9.17, 15) is 13.6 Å². The Morgan fingerprint density at radius 2 is 1.76 bits per heavy atom. The van der Waals surface area contributed by atoms with Gasteiger partial charge in [-0.3, -0.25) is 4.79 Å². The minimum absolute atomic E-state index is 0.277. The van der Waals surface area contributed by atoms with Crippen LogP contribution in [0, 0.1) is 11.6 Å². The Morgan fingerprint density at radius 1 is 1.14 bits per heavy atom. The first-order valence-electron chi connectivity index (χ1n) is 6.29. The quantitative estimate of drug-likeness (QED) is 0.755. The van der Waals surface area contributed by atoms with Crippen LogP contribution in [0.3, 0.4) is 0 Å². The van der Waals surface area contributed by atoms with E-state index in [1.54, 1.807) is 12.3 Å². The van der Waals surface area contributed by atoms with Gasteiger partial charge in [0, 0.05) is 21.2 Å². The fourth-order valence-corrected chi connectivity index (χ4v) is 2.96. The minimum Gasteiger partial charge on any atom is -0.339 e. The van der Waals surface area contributed by atoms with E-state index < -0.39 is 23.2 Å². The van der Waals surface area contributed by atoms with Gasteiger partial charge in [-0.25, -0.2) is 8.78 Å². The summed E-state index contributed by atoms with van der Waals surface area (Å²) in [5, 5.41) is 2.31. The van der Waals surface area contributed by atoms with Gasteiger partial charge in [0.15, 0.2) is 11.6 Å². The van der Waals surface area contributed by atoms with Crippen molar-refractivity contribution < 1.29 is 13.6 Å². The Balaban J connectivity index is 1.90. The molecular weight excluding hydrogens is 410 g/mol. The van der Waals surface area contributed by atoms with E-state index in [0.29, 0.717) is 5.69 Å². The number of hydrogen-bond donors (Lipinski definition) is 1. The molecular formula is C14H10Br2F2N2O. The van der Waals surface area contributed by atoms with Gasteiger partial charge in [0.2, 0.25) is 0 Å². The molecule has 110 valence electrons. The van der Waals surface area contributed by atoms with E-state index in [0.717, 1.165) is 29.4 Å². The Morgan fingerprint density at radius 3 is 2.33 bits per heavy atom. The van der Waals surface area contributed by atoms with Gasteiger partial charge in [-0.2, -0.15) is 0 Å². The van der Waals surface area contributed by atoms with Gasteiger partial charge < -0.3 is 9.88 Å². The van der Waals surface area contributed by atoms with Crippen LogP contribution in [0.1, 0.15) is 29.4 Å². The molecule has 7 heteroatoms. The van der Waals surface area contributed by atoms with Gasteiger partial charge in [-0.05, 0) is 47.0 Å². The fourth-order valence-electron chi connectivity index (χ4n) is 2.12. The molecule has 3 rings (SSSR count). The first kappa shape index (κ1) is 14.7. The zero-order valence-corrected chi connectivity index (χ0v) is 13.8. The van der Waals surface area contributed by atoms with Crippen molar-refractivity contribution in [3.05, 3.63) is 50.7 Å². The lowest BCUT2D eigenvalue weighted by molar-refractivity contribution is 0.101. The molecule has 2 aromatic rings. The summed E-state index contributed by atoms with van der Waals surface area (Å²) in [6.07, 6.45) is 3.81. The van der Waals surface area contributed by atoms with Crippen LogP contribution in [0.5, 0.6) is 0 Å². The first-order chi connectivity index (χ1) is 9.95. The third-order valence-electron chi connectivity index (χ3n) is 3.23. The highest BCUT2D eigenvalue weighted by Crippen LogP contribution is 2.37. The second-order valence-corrected chi connectivity index (χ2v) is 6.71. The largest absolute Gasteiger partial charge is 0.339 e. The SMILES string of the molecule is O=C(Nc1c(F)cc(Br)cc1F)c1cc(Br)cn1C1CC1. The summed E-state index contributed by atoms with van der Waals surface area (Å²) in [4.78, 5) is 12.3. The predicted octanol–water partition coefficient (Wildman–Crippen LogP) is 4.88. The van der Waals surface area contributed by atoms with Crippen molar-refractivity contribution in [3.8, 4) is 0 Å². The molecule has 1 saturated carbocycles. The Hall–Kier alpha value is -1.21. The number of halogens is 4. The van der Waals surface area contributed by atoms with Crippen molar-refractivity contribution in [1.29, 1.82) is 0 Å². The highest BCUT2D eigenvalue weighted by Gasteiger charge is 2.28. The lowest BCUT2D eigenvalue weighted by atomic mass is 10.2. The van der Waals surface area contributed by atoms with Crippen molar-refractivity contribution in [2.24, 2.45) is 0 Å². The molecule has 3 nitrogen and oxygen atoms in total. The molecule has 1 N–H and O–H groups in total. The molecule has 0 spiro atoms. The van der Waals surface area contributed by atoms with E-state index in [4.69, 9.17) is 0 Å². The van der Waals surface area contributed by atoms with Gasteiger partial charge in [0.1, 0.15) is 11.4 Å². The second-order valence-electron chi connectivity index (χ2n) is 4.88. The molecule has 1 aliphatic carbocycles. The van der Waals surface area contributed by atoms with Gasteiger partial charge in [0.05, 0.1) is 0 Å². The Labute approximate surface area is 136 Å². The van der Waals surface area contributed by atoms with Crippen LogP contribution >= 0.6 is 31.9 Å². The van der Waals surface area contributed by atoms with E-state index in [1.807, 2.05) is 4.57 Å². The summed E-state index contributed by atoms with van der Waals surface area (Å²) in [7, 11) is 0. The van der Waals surface area contributed by atoms with Gasteiger partial charge in [-0.1, -0.05) is 15.9 Å². The lowest BCUT2D eigenvalue weighted by Crippen LogP contribution is -2.18. The van der Waals surface area contributed by atoms with Crippen molar-refractivity contribution in [2.45, 2.75) is 18.9 Å². The molecule has 1 aromatic carbocycles. The highest BCUT2D eigenvalue weighted by molar-refractivity contribution is 9.10. The maximum Gasteiger partial charge on any atom is 0.272 e. The zero-order chi connectivity index (χ0) is 15.1. The summed E-state index contributed by atoms with van der Waals surface area (Å²) >= 11 is 6.31. The molecule has 1 aromatic heterocycles. The predicted molar refractivity (Wildman–Crippen MR) is 82.4 cm³/mol. The molecule has 0 aliphatic heterocycles. The average molecular weight is 420 g/mol. The van der Waals surface area contributed by atoms with Crippen molar-refractivity contribution >= 4 is 43.5 Å².